The maximum Gasteiger partial charge on any atom is 0.234 e. The van der Waals surface area contributed by atoms with Gasteiger partial charge in [0.2, 0.25) is 5.91 Å². The lowest BCUT2D eigenvalue weighted by Gasteiger charge is -2.56. The quantitative estimate of drug-likeness (QED) is 0.844. The fourth-order valence-corrected chi connectivity index (χ4v) is 5.73. The highest BCUT2D eigenvalue weighted by atomic mass is 16.2. The van der Waals surface area contributed by atoms with Gasteiger partial charge < -0.3 is 0 Å². The second-order valence-electron chi connectivity index (χ2n) is 8.15. The van der Waals surface area contributed by atoms with E-state index < -0.39 is 0 Å². The molecular formula is C19H26N2O. The molecule has 4 aliphatic carbocycles. The molecule has 0 spiro atoms. The van der Waals surface area contributed by atoms with E-state index in [2.05, 4.69) is 18.8 Å². The molecule has 0 atom stereocenters. The lowest BCUT2D eigenvalue weighted by Crippen LogP contribution is -2.56. The SMILES string of the molecule is CC(C)N(C(=O)C12CC3CC(CC(C3)C1)C2)c1ccccn1. The Morgan fingerprint density at radius 2 is 1.73 bits per heavy atom. The van der Waals surface area contributed by atoms with Gasteiger partial charge in [-0.2, -0.15) is 0 Å². The van der Waals surface area contributed by atoms with E-state index in [4.69, 9.17) is 0 Å². The summed E-state index contributed by atoms with van der Waals surface area (Å²) < 4.78 is 0. The first kappa shape index (κ1) is 14.2. The van der Waals surface area contributed by atoms with Gasteiger partial charge >= 0.3 is 0 Å². The van der Waals surface area contributed by atoms with Gasteiger partial charge in [-0.15, -0.1) is 0 Å². The third kappa shape index (κ3) is 2.17. The van der Waals surface area contributed by atoms with Crippen LogP contribution in [0.3, 0.4) is 0 Å². The average Bonchev–Trinajstić information content (AvgIpc) is 2.46. The van der Waals surface area contributed by atoms with Crippen molar-refractivity contribution in [2.24, 2.45) is 23.2 Å². The standard InChI is InChI=1S/C19H26N2O/c1-13(2)21(17-5-3-4-6-20-17)18(22)19-10-14-7-15(11-19)9-16(8-14)12-19/h3-6,13-16H,7-12H2,1-2H3. The summed E-state index contributed by atoms with van der Waals surface area (Å²) in [5.74, 6) is 3.56. The van der Waals surface area contributed by atoms with Crippen LogP contribution < -0.4 is 4.90 Å². The molecule has 1 aromatic heterocycles. The minimum atomic E-state index is -0.0868. The van der Waals surface area contributed by atoms with Crippen LogP contribution in [-0.2, 0) is 4.79 Å². The Morgan fingerprint density at radius 3 is 2.18 bits per heavy atom. The van der Waals surface area contributed by atoms with Crippen molar-refractivity contribution in [1.29, 1.82) is 0 Å². The van der Waals surface area contributed by atoms with Crippen molar-refractivity contribution >= 4 is 11.7 Å². The first-order valence-corrected chi connectivity index (χ1v) is 8.82. The van der Waals surface area contributed by atoms with Crippen molar-refractivity contribution < 1.29 is 4.79 Å². The molecule has 4 saturated carbocycles. The average molecular weight is 298 g/mol. The monoisotopic (exact) mass is 298 g/mol. The zero-order chi connectivity index (χ0) is 15.3. The number of rotatable bonds is 3. The maximum absolute atomic E-state index is 13.5. The molecule has 4 fully saturated rings. The molecule has 118 valence electrons. The summed E-state index contributed by atoms with van der Waals surface area (Å²) in [4.78, 5) is 19.9. The van der Waals surface area contributed by atoms with Crippen molar-refractivity contribution in [3.05, 3.63) is 24.4 Å². The molecule has 0 N–H and O–H groups in total. The Balaban J connectivity index is 1.67. The number of nitrogens with zero attached hydrogens (tertiary/aromatic N) is 2. The van der Waals surface area contributed by atoms with Crippen LogP contribution in [-0.4, -0.2) is 16.9 Å². The highest BCUT2D eigenvalue weighted by Gasteiger charge is 2.56. The van der Waals surface area contributed by atoms with Crippen molar-refractivity contribution in [3.8, 4) is 0 Å². The molecule has 0 unspecified atom stereocenters. The van der Waals surface area contributed by atoms with Gasteiger partial charge in [-0.1, -0.05) is 6.07 Å². The molecule has 4 aliphatic rings. The Hall–Kier alpha value is -1.38. The summed E-state index contributed by atoms with van der Waals surface area (Å²) in [5, 5.41) is 0. The molecule has 1 amide bonds. The molecule has 4 bridgehead atoms. The molecule has 0 aliphatic heterocycles. The van der Waals surface area contributed by atoms with Crippen LogP contribution in [0.25, 0.3) is 0 Å². The number of amides is 1. The third-order valence-corrected chi connectivity index (χ3v) is 6.12. The summed E-state index contributed by atoms with van der Waals surface area (Å²) in [6.07, 6.45) is 9.26. The number of hydrogen-bond donors (Lipinski definition) is 0. The van der Waals surface area contributed by atoms with Gasteiger partial charge in [0.1, 0.15) is 5.82 Å². The number of carbonyl (C=O) groups is 1. The van der Waals surface area contributed by atoms with Crippen molar-refractivity contribution in [3.63, 3.8) is 0 Å². The van der Waals surface area contributed by atoms with Crippen LogP contribution in [0.15, 0.2) is 24.4 Å². The molecule has 22 heavy (non-hydrogen) atoms. The van der Waals surface area contributed by atoms with Crippen LogP contribution in [0, 0.1) is 23.2 Å². The van der Waals surface area contributed by atoms with Gasteiger partial charge in [-0.05, 0) is 82.3 Å². The van der Waals surface area contributed by atoms with E-state index >= 15 is 0 Å². The van der Waals surface area contributed by atoms with E-state index in [0.29, 0.717) is 5.91 Å². The van der Waals surface area contributed by atoms with Crippen LogP contribution in [0.2, 0.25) is 0 Å². The molecule has 1 heterocycles. The Morgan fingerprint density at radius 1 is 1.14 bits per heavy atom. The van der Waals surface area contributed by atoms with Gasteiger partial charge in [-0.25, -0.2) is 4.98 Å². The van der Waals surface area contributed by atoms with E-state index in [9.17, 15) is 4.79 Å². The molecule has 3 heteroatoms. The van der Waals surface area contributed by atoms with E-state index in [1.807, 2.05) is 23.1 Å². The van der Waals surface area contributed by atoms with Crippen LogP contribution in [0.5, 0.6) is 0 Å². The molecule has 3 nitrogen and oxygen atoms in total. The van der Waals surface area contributed by atoms with E-state index in [1.54, 1.807) is 6.20 Å². The van der Waals surface area contributed by atoms with Gasteiger partial charge in [0, 0.05) is 12.2 Å². The Labute approximate surface area is 133 Å². The van der Waals surface area contributed by atoms with Crippen LogP contribution in [0.4, 0.5) is 5.82 Å². The molecule has 1 aromatic rings. The third-order valence-electron chi connectivity index (χ3n) is 6.12. The van der Waals surface area contributed by atoms with Gasteiger partial charge in [0.05, 0.1) is 5.41 Å². The predicted molar refractivity (Wildman–Crippen MR) is 87.5 cm³/mol. The number of carbonyl (C=O) groups excluding carboxylic acids is 1. The zero-order valence-corrected chi connectivity index (χ0v) is 13.7. The lowest BCUT2D eigenvalue weighted by molar-refractivity contribution is -0.143. The molecule has 5 rings (SSSR count). The smallest absolute Gasteiger partial charge is 0.234 e. The summed E-state index contributed by atoms with van der Waals surface area (Å²) in [6.45, 7) is 4.21. The van der Waals surface area contributed by atoms with Crippen molar-refractivity contribution in [2.45, 2.75) is 58.4 Å². The van der Waals surface area contributed by atoms with E-state index in [-0.39, 0.29) is 11.5 Å². The fourth-order valence-electron chi connectivity index (χ4n) is 5.73. The first-order valence-electron chi connectivity index (χ1n) is 8.82. The summed E-state index contributed by atoms with van der Waals surface area (Å²) >= 11 is 0. The van der Waals surface area contributed by atoms with E-state index in [0.717, 1.165) is 42.8 Å². The van der Waals surface area contributed by atoms with Gasteiger partial charge in [-0.3, -0.25) is 9.69 Å². The van der Waals surface area contributed by atoms with Crippen LogP contribution in [0.1, 0.15) is 52.4 Å². The van der Waals surface area contributed by atoms with E-state index in [1.165, 1.54) is 19.3 Å². The predicted octanol–water partition coefficient (Wildman–Crippen LogP) is 4.04. The fraction of sp³-hybridized carbons (Fsp3) is 0.684. The minimum Gasteiger partial charge on any atom is -0.294 e. The van der Waals surface area contributed by atoms with Crippen molar-refractivity contribution in [2.75, 3.05) is 4.90 Å². The zero-order valence-electron chi connectivity index (χ0n) is 13.7. The minimum absolute atomic E-state index is 0.0868. The normalized spacial score (nSPS) is 35.9. The number of anilines is 1. The highest BCUT2D eigenvalue weighted by molar-refractivity contribution is 5.97. The van der Waals surface area contributed by atoms with Crippen molar-refractivity contribution in [1.82, 2.24) is 4.98 Å². The number of hydrogen-bond acceptors (Lipinski definition) is 2. The lowest BCUT2D eigenvalue weighted by atomic mass is 9.49. The summed E-state index contributed by atoms with van der Waals surface area (Å²) in [5.41, 5.74) is -0.0868. The second kappa shape index (κ2) is 5.07. The molecule has 0 saturated heterocycles. The summed E-state index contributed by atoms with van der Waals surface area (Å²) in [7, 11) is 0. The largest absolute Gasteiger partial charge is 0.294 e. The topological polar surface area (TPSA) is 33.2 Å². The maximum atomic E-state index is 13.5. The molecule has 0 aromatic carbocycles. The van der Waals surface area contributed by atoms with Gasteiger partial charge in [0.25, 0.3) is 0 Å². The van der Waals surface area contributed by atoms with Gasteiger partial charge in [0.15, 0.2) is 0 Å². The Bertz CT molecular complexity index is 531. The molecular weight excluding hydrogens is 272 g/mol. The van der Waals surface area contributed by atoms with Crippen LogP contribution >= 0.6 is 0 Å². The number of aromatic nitrogens is 1. The Kier molecular flexibility index (Phi) is 3.28. The molecule has 0 radical (unpaired) electrons. The second-order valence-corrected chi connectivity index (χ2v) is 8.15. The first-order chi connectivity index (χ1) is 10.6. The number of pyridine rings is 1. The summed E-state index contributed by atoms with van der Waals surface area (Å²) in [6, 6.07) is 6.02. The highest BCUT2D eigenvalue weighted by Crippen LogP contribution is 2.60.